The topological polar surface area (TPSA) is 12.1 Å². The fraction of sp³-hybridized carbons (Fsp3) is 0.0476. The van der Waals surface area contributed by atoms with E-state index in [4.69, 9.17) is 0 Å². The Labute approximate surface area is 391 Å². The molecule has 0 N–H and O–H groups in total. The predicted molar refractivity (Wildman–Crippen MR) is 286 cm³/mol. The molecule has 0 amide bonds. The van der Waals surface area contributed by atoms with Gasteiger partial charge < -0.3 is 13.7 Å². The van der Waals surface area contributed by atoms with Crippen LogP contribution >= 0.6 is 11.3 Å². The highest BCUT2D eigenvalue weighted by Crippen LogP contribution is 2.51. The number of anilines is 3. The van der Waals surface area contributed by atoms with Crippen LogP contribution in [0.15, 0.2) is 212 Å². The summed E-state index contributed by atoms with van der Waals surface area (Å²) in [6.07, 6.45) is 0. The van der Waals surface area contributed by atoms with Crippen molar-refractivity contribution >= 4 is 103 Å². The van der Waals surface area contributed by atoms with E-state index in [-0.39, 0.29) is 5.41 Å². The average molecular weight is 872 g/mol. The summed E-state index contributed by atoms with van der Waals surface area (Å²) in [5.74, 6) is 0. The van der Waals surface area contributed by atoms with E-state index in [2.05, 4.69) is 240 Å². The van der Waals surface area contributed by atoms with Crippen LogP contribution in [-0.4, -0.2) is 8.80 Å². The van der Waals surface area contributed by atoms with Crippen molar-refractivity contribution in [1.82, 2.24) is 8.80 Å². The Morgan fingerprint density at radius 1 is 0.343 bits per heavy atom. The number of hydrogen-bond acceptors (Lipinski definition) is 2. The van der Waals surface area contributed by atoms with E-state index >= 15 is 0 Å². The number of aromatic nitrogens is 2. The van der Waals surface area contributed by atoms with Crippen LogP contribution < -0.4 is 4.90 Å². The van der Waals surface area contributed by atoms with Crippen molar-refractivity contribution in [3.8, 4) is 33.4 Å². The van der Waals surface area contributed by atoms with Crippen molar-refractivity contribution in [3.05, 3.63) is 223 Å². The van der Waals surface area contributed by atoms with E-state index in [0.29, 0.717) is 0 Å². The minimum Gasteiger partial charge on any atom is -0.310 e. The fourth-order valence-electron chi connectivity index (χ4n) is 11.9. The van der Waals surface area contributed by atoms with E-state index in [0.717, 1.165) is 17.1 Å². The van der Waals surface area contributed by atoms with Crippen molar-refractivity contribution in [2.45, 2.75) is 19.3 Å². The highest BCUT2D eigenvalue weighted by atomic mass is 32.1. The summed E-state index contributed by atoms with van der Waals surface area (Å²) in [5.41, 5.74) is 20.9. The normalized spacial score (nSPS) is 13.3. The number of hydrogen-bond donors (Lipinski definition) is 0. The van der Waals surface area contributed by atoms with Crippen molar-refractivity contribution in [2.24, 2.45) is 0 Å². The van der Waals surface area contributed by atoms with Crippen LogP contribution in [-0.2, 0) is 5.41 Å². The van der Waals surface area contributed by atoms with Gasteiger partial charge in [0, 0.05) is 64.2 Å². The summed E-state index contributed by atoms with van der Waals surface area (Å²) in [5, 5.41) is 7.78. The molecule has 4 heteroatoms. The van der Waals surface area contributed by atoms with Gasteiger partial charge in [-0.25, -0.2) is 0 Å². The second-order valence-corrected chi connectivity index (χ2v) is 20.0. The van der Waals surface area contributed by atoms with Crippen LogP contribution in [0.4, 0.5) is 17.1 Å². The van der Waals surface area contributed by atoms with Gasteiger partial charge in [-0.05, 0) is 111 Å². The number of nitrogens with zero attached hydrogens (tertiary/aromatic N) is 3. The zero-order valence-corrected chi connectivity index (χ0v) is 37.8. The molecule has 0 saturated carbocycles. The molecule has 1 aliphatic rings. The summed E-state index contributed by atoms with van der Waals surface area (Å²) in [6.45, 7) is 4.73. The smallest absolute Gasteiger partial charge is 0.0789 e. The Kier molecular flexibility index (Phi) is 7.44. The second kappa shape index (κ2) is 13.4. The molecule has 0 fully saturated rings. The SMILES string of the molecule is CC1(C)c2ccccc2-c2ccc(N(c3cccc(-c4ccc(-c5ccc6c(c5)n5c7ccccc7c7ccc8c9ccccc9n6c8c75)cc4)c3)c3ccc4c(c3)sc3ccccc34)cc21. The first kappa shape index (κ1) is 37.1. The molecule has 10 aromatic carbocycles. The molecule has 314 valence electrons. The fourth-order valence-corrected chi connectivity index (χ4v) is 13.0. The third-order valence-electron chi connectivity index (χ3n) is 15.0. The number of para-hydroxylation sites is 2. The molecule has 3 nitrogen and oxygen atoms in total. The van der Waals surface area contributed by atoms with Gasteiger partial charge >= 0.3 is 0 Å². The maximum Gasteiger partial charge on any atom is 0.0789 e. The highest BCUT2D eigenvalue weighted by molar-refractivity contribution is 7.25. The van der Waals surface area contributed by atoms with Gasteiger partial charge in [0.25, 0.3) is 0 Å². The maximum absolute atomic E-state index is 2.51. The molecule has 0 bridgehead atoms. The zero-order chi connectivity index (χ0) is 44.1. The molecule has 0 unspecified atom stereocenters. The molecule has 0 spiro atoms. The van der Waals surface area contributed by atoms with E-state index < -0.39 is 0 Å². The Bertz CT molecular complexity index is 4370. The van der Waals surface area contributed by atoms with Crippen LogP contribution in [0.5, 0.6) is 0 Å². The van der Waals surface area contributed by atoms with Crippen LogP contribution in [0.1, 0.15) is 25.0 Å². The van der Waals surface area contributed by atoms with Gasteiger partial charge in [0.15, 0.2) is 0 Å². The van der Waals surface area contributed by atoms with E-state index in [1.807, 2.05) is 11.3 Å². The van der Waals surface area contributed by atoms with Gasteiger partial charge in [-0.1, -0.05) is 159 Å². The molecule has 0 saturated heterocycles. The maximum atomic E-state index is 2.51. The number of benzene rings is 10. The lowest BCUT2D eigenvalue weighted by molar-refractivity contribution is 0.660. The van der Waals surface area contributed by atoms with Crippen LogP contribution in [0.25, 0.3) is 108 Å². The summed E-state index contributed by atoms with van der Waals surface area (Å²) < 4.78 is 7.61. The molecule has 4 heterocycles. The Morgan fingerprint density at radius 2 is 0.896 bits per heavy atom. The molecule has 15 rings (SSSR count). The number of rotatable bonds is 5. The Morgan fingerprint density at radius 3 is 1.66 bits per heavy atom. The Balaban J connectivity index is 0.856. The molecule has 14 aromatic rings. The molecular formula is C63H41N3S. The summed E-state index contributed by atoms with van der Waals surface area (Å²) in [4.78, 5) is 2.45. The quantitative estimate of drug-likeness (QED) is 0.157. The van der Waals surface area contributed by atoms with Crippen LogP contribution in [0.3, 0.4) is 0 Å². The third-order valence-corrected chi connectivity index (χ3v) is 16.2. The molecular weight excluding hydrogens is 831 g/mol. The van der Waals surface area contributed by atoms with Crippen LogP contribution in [0, 0.1) is 0 Å². The predicted octanol–water partition coefficient (Wildman–Crippen LogP) is 17.7. The van der Waals surface area contributed by atoms with Gasteiger partial charge in [-0.15, -0.1) is 11.3 Å². The van der Waals surface area contributed by atoms with E-state index in [9.17, 15) is 0 Å². The van der Waals surface area contributed by atoms with Gasteiger partial charge in [0.1, 0.15) is 0 Å². The van der Waals surface area contributed by atoms with Gasteiger partial charge in [0.05, 0.1) is 33.1 Å². The van der Waals surface area contributed by atoms with Crippen molar-refractivity contribution < 1.29 is 0 Å². The van der Waals surface area contributed by atoms with Gasteiger partial charge in [-0.3, -0.25) is 0 Å². The first-order valence-electron chi connectivity index (χ1n) is 23.2. The lowest BCUT2D eigenvalue weighted by Crippen LogP contribution is -2.16. The van der Waals surface area contributed by atoms with Crippen LogP contribution in [0.2, 0.25) is 0 Å². The van der Waals surface area contributed by atoms with Crippen molar-refractivity contribution in [1.29, 1.82) is 0 Å². The summed E-state index contributed by atoms with van der Waals surface area (Å²) >= 11 is 1.87. The summed E-state index contributed by atoms with van der Waals surface area (Å²) in [6, 6.07) is 79.4. The molecule has 1 aliphatic carbocycles. The van der Waals surface area contributed by atoms with Crippen molar-refractivity contribution in [2.75, 3.05) is 4.90 Å². The minimum atomic E-state index is -0.111. The number of fused-ring (bicyclic) bond motifs is 15. The lowest BCUT2D eigenvalue weighted by atomic mass is 9.82. The van der Waals surface area contributed by atoms with E-state index in [1.54, 1.807) is 0 Å². The molecule has 67 heavy (non-hydrogen) atoms. The third kappa shape index (κ3) is 5.11. The summed E-state index contributed by atoms with van der Waals surface area (Å²) in [7, 11) is 0. The molecule has 0 radical (unpaired) electrons. The second-order valence-electron chi connectivity index (χ2n) is 18.9. The molecule has 4 aromatic heterocycles. The van der Waals surface area contributed by atoms with Crippen molar-refractivity contribution in [3.63, 3.8) is 0 Å². The molecule has 0 atom stereocenters. The van der Waals surface area contributed by atoms with Gasteiger partial charge in [-0.2, -0.15) is 0 Å². The average Bonchev–Trinajstić information content (AvgIpc) is 4.09. The number of thiophene rings is 1. The first-order chi connectivity index (χ1) is 33.0. The largest absolute Gasteiger partial charge is 0.310 e. The van der Waals surface area contributed by atoms with Gasteiger partial charge in [0.2, 0.25) is 0 Å². The standard InChI is InChI=1S/C63H41N3S/c1-63(2)53-18-7-3-14-45(53)46-29-27-43(36-54(46)63)64(44-28-30-50-49-17-6-10-21-59(49)67-60(50)37-44)42-13-11-12-40(34-42)38-22-24-39(25-23-38)41-26-33-57-58(35-41)66-56-20-9-5-16-48(56)52-32-31-51-47-15-4-8-19-55(47)65(57)61(51)62(52)66/h3-37H,1-2H3. The monoisotopic (exact) mass is 871 g/mol. The zero-order valence-electron chi connectivity index (χ0n) is 37.0. The van der Waals surface area contributed by atoms with E-state index in [1.165, 1.54) is 119 Å². The first-order valence-corrected chi connectivity index (χ1v) is 24.1. The highest BCUT2D eigenvalue weighted by Gasteiger charge is 2.36. The Hall–Kier alpha value is -8.18. The molecule has 0 aliphatic heterocycles. The lowest BCUT2D eigenvalue weighted by Gasteiger charge is -2.28. The minimum absolute atomic E-state index is 0.111.